The third-order valence-electron chi connectivity index (χ3n) is 0. The number of rotatable bonds is 0. The van der Waals surface area contributed by atoms with E-state index in [1.165, 1.54) is 0 Å². The Kier molecular flexibility index (Phi) is 9.85. The van der Waals surface area contributed by atoms with Gasteiger partial charge in [0.15, 0.2) is 0 Å². The van der Waals surface area contributed by atoms with E-state index in [1.807, 2.05) is 0 Å². The molecule has 0 spiro atoms. The van der Waals surface area contributed by atoms with Gasteiger partial charge in [-0.3, -0.25) is 0 Å². The van der Waals surface area contributed by atoms with Crippen LogP contribution in [-0.4, -0.2) is 4.05 Å². The van der Waals surface area contributed by atoms with E-state index < -0.39 is 0 Å². The molecule has 0 heterocycles. The number of hydrazine groups is 1. The summed E-state index contributed by atoms with van der Waals surface area (Å²) < 4.78 is 0.444. The Morgan fingerprint density at radius 2 is 1.40 bits per heavy atom. The molecule has 0 unspecified atom stereocenters. The Balaban J connectivity index is 0. The first-order valence-corrected chi connectivity index (χ1v) is 1.27. The Bertz CT molecular complexity index is 12.4. The minimum absolute atomic E-state index is 0. The maximum absolute atomic E-state index is 4.65. The Morgan fingerprint density at radius 3 is 1.40 bits per heavy atom. The fourth-order valence-corrected chi connectivity index (χ4v) is 0. The monoisotopic (exact) mass is 295 g/mol. The molecule has 0 aliphatic rings. The summed E-state index contributed by atoms with van der Waals surface area (Å²) in [6.07, 6.45) is 0. The summed E-state index contributed by atoms with van der Waals surface area (Å²) in [5, 5.41) is 0. The molecule has 0 aromatic heterocycles. The predicted molar refractivity (Wildman–Crippen MR) is 17.7 cm³/mol. The molecular weight excluding hydrogens is 294 g/mol. The van der Waals surface area contributed by atoms with E-state index in [-0.39, 0.29) is 21.1 Å². The summed E-state index contributed by atoms with van der Waals surface area (Å²) in [7, 11) is 0. The molecule has 2 nitrogen and oxygen atoms in total. The first-order valence-electron chi connectivity index (χ1n) is 0.596. The van der Waals surface area contributed by atoms with Crippen LogP contribution >= 0.6 is 23.6 Å². The second-order valence-electron chi connectivity index (χ2n) is 0.259. The predicted octanol–water partition coefficient (Wildman–Crippen LogP) is 0.467. The van der Waals surface area contributed by atoms with Crippen molar-refractivity contribution in [1.82, 2.24) is 4.05 Å². The van der Waals surface area contributed by atoms with Gasteiger partial charge in [-0.25, -0.2) is 5.84 Å². The van der Waals surface area contributed by atoms with Crippen LogP contribution in [-0.2, 0) is 21.1 Å². The number of halogens is 2. The number of hydrogen-bond acceptors (Lipinski definition) is 2. The molecule has 0 aromatic rings. The molecule has 0 aliphatic heterocycles. The van der Waals surface area contributed by atoms with Gasteiger partial charge in [0.25, 0.3) is 0 Å². The van der Waals surface area contributed by atoms with Gasteiger partial charge in [0.05, 0.1) is 0 Å². The second kappa shape index (κ2) is 5.19. The zero-order valence-corrected chi connectivity index (χ0v) is 5.88. The van der Waals surface area contributed by atoms with Crippen molar-refractivity contribution in [1.29, 1.82) is 0 Å². The maximum atomic E-state index is 4.65. The quantitative estimate of drug-likeness (QED) is 0.400. The van der Waals surface area contributed by atoms with Crippen molar-refractivity contribution in [2.75, 3.05) is 0 Å². The fraction of sp³-hybridized carbons (Fsp3) is 0. The standard InChI is InChI=1S/Cl2H2N2.Pt/c1-4(2)3;/h3H2;. The van der Waals surface area contributed by atoms with Crippen LogP contribution in [0.1, 0.15) is 0 Å². The Labute approximate surface area is 54.7 Å². The molecule has 0 fully saturated rings. The Hall–Kier alpha value is 1.19. The normalized spacial score (nSPS) is 7.20. The van der Waals surface area contributed by atoms with Crippen LogP contribution in [0.5, 0.6) is 0 Å². The molecule has 0 aromatic carbocycles. The van der Waals surface area contributed by atoms with Crippen LogP contribution in [0.15, 0.2) is 0 Å². The van der Waals surface area contributed by atoms with E-state index in [9.17, 15) is 0 Å². The van der Waals surface area contributed by atoms with Crippen molar-refractivity contribution in [3.63, 3.8) is 0 Å². The van der Waals surface area contributed by atoms with Crippen molar-refractivity contribution in [3.8, 4) is 0 Å². The maximum Gasteiger partial charge on any atom is 0.0121 e. The first-order chi connectivity index (χ1) is 1.73. The Morgan fingerprint density at radius 1 is 1.40 bits per heavy atom. The molecule has 0 saturated heterocycles. The third-order valence-corrected chi connectivity index (χ3v) is 0. The van der Waals surface area contributed by atoms with Gasteiger partial charge in [-0.2, -0.15) is 0 Å². The van der Waals surface area contributed by atoms with Gasteiger partial charge in [0, 0.05) is 44.6 Å². The van der Waals surface area contributed by atoms with Gasteiger partial charge >= 0.3 is 0 Å². The van der Waals surface area contributed by atoms with E-state index in [1.54, 1.807) is 0 Å². The summed E-state index contributed by atoms with van der Waals surface area (Å²) in [6, 6.07) is 0. The van der Waals surface area contributed by atoms with Crippen LogP contribution in [0.25, 0.3) is 0 Å². The molecule has 5 heavy (non-hydrogen) atoms. The summed E-state index contributed by atoms with van der Waals surface area (Å²) in [4.78, 5) is 0. The molecule has 2 N–H and O–H groups in total. The van der Waals surface area contributed by atoms with E-state index in [2.05, 4.69) is 29.4 Å². The van der Waals surface area contributed by atoms with Crippen molar-refractivity contribution in [3.05, 3.63) is 0 Å². The van der Waals surface area contributed by atoms with E-state index in [0.717, 1.165) is 0 Å². The zero-order chi connectivity index (χ0) is 3.58. The summed E-state index contributed by atoms with van der Waals surface area (Å²) >= 11 is 9.30. The van der Waals surface area contributed by atoms with Crippen molar-refractivity contribution >= 4 is 23.6 Å². The molecule has 0 rings (SSSR count). The summed E-state index contributed by atoms with van der Waals surface area (Å²) in [5.41, 5.74) is 0. The van der Waals surface area contributed by atoms with Gasteiger partial charge < -0.3 is 0 Å². The van der Waals surface area contributed by atoms with Gasteiger partial charge in [0.2, 0.25) is 0 Å². The number of nitrogens with zero attached hydrogens (tertiary/aromatic N) is 1. The number of nitrogens with two attached hydrogens (primary N) is 1. The molecule has 0 bridgehead atoms. The van der Waals surface area contributed by atoms with Gasteiger partial charge in [-0.15, -0.1) is 0 Å². The van der Waals surface area contributed by atoms with Gasteiger partial charge in [-0.05, 0) is 0 Å². The van der Waals surface area contributed by atoms with Crippen molar-refractivity contribution < 1.29 is 21.1 Å². The summed E-state index contributed by atoms with van der Waals surface area (Å²) in [5.74, 6) is 4.48. The third kappa shape index (κ3) is 37.3. The topological polar surface area (TPSA) is 29.3 Å². The van der Waals surface area contributed by atoms with Crippen molar-refractivity contribution in [2.45, 2.75) is 0 Å². The smallest absolute Gasteiger partial charge is 0.0121 e. The van der Waals surface area contributed by atoms with Gasteiger partial charge in [0.1, 0.15) is 0 Å². The van der Waals surface area contributed by atoms with E-state index in [0.29, 0.717) is 4.05 Å². The molecule has 0 amide bonds. The molecule has 0 atom stereocenters. The van der Waals surface area contributed by atoms with Crippen LogP contribution in [0.2, 0.25) is 0 Å². The minimum Gasteiger partial charge on any atom is -0.239 e. The summed E-state index contributed by atoms with van der Waals surface area (Å²) in [6.45, 7) is 0. The average molecular weight is 296 g/mol. The molecule has 5 heteroatoms. The molecule has 0 saturated carbocycles. The molecular formula is H2Cl2N2Pt. The van der Waals surface area contributed by atoms with Crippen LogP contribution in [0, 0.1) is 0 Å². The van der Waals surface area contributed by atoms with Crippen LogP contribution in [0.3, 0.4) is 0 Å². The van der Waals surface area contributed by atoms with E-state index >= 15 is 0 Å². The molecule has 0 radical (unpaired) electrons. The minimum atomic E-state index is 0. The zero-order valence-electron chi connectivity index (χ0n) is 2.10. The first kappa shape index (κ1) is 9.50. The fourth-order valence-electron chi connectivity index (χ4n) is 0. The number of hydrogen-bond donors (Lipinski definition) is 1. The van der Waals surface area contributed by atoms with E-state index in [4.69, 9.17) is 0 Å². The second-order valence-corrected chi connectivity index (χ2v) is 1.16. The van der Waals surface area contributed by atoms with Crippen molar-refractivity contribution in [2.24, 2.45) is 5.84 Å². The average Bonchev–Trinajstić information content (AvgIpc) is 0.811. The van der Waals surface area contributed by atoms with Crippen LogP contribution < -0.4 is 5.84 Å². The largest absolute Gasteiger partial charge is 0.239 e. The molecule has 0 aliphatic carbocycles. The molecule has 36 valence electrons. The van der Waals surface area contributed by atoms with Crippen LogP contribution in [0.4, 0.5) is 0 Å². The van der Waals surface area contributed by atoms with Gasteiger partial charge in [-0.1, -0.05) is 4.05 Å². The SMILES string of the molecule is NN(Cl)Cl.[Pt].